The third-order valence-electron chi connectivity index (χ3n) is 3.19. The predicted molar refractivity (Wildman–Crippen MR) is 60.7 cm³/mol. The van der Waals surface area contributed by atoms with Crippen molar-refractivity contribution >= 4 is 5.78 Å². The largest absolute Gasteiger partial charge is 0.300 e. The quantitative estimate of drug-likeness (QED) is 0.735. The summed E-state index contributed by atoms with van der Waals surface area (Å²) in [5.74, 6) is 0.409. The molecule has 0 amide bonds. The average molecular weight is 203 g/mol. The second-order valence-electron chi connectivity index (χ2n) is 4.16. The molecular formula is C13H17NO. The van der Waals surface area contributed by atoms with Crippen molar-refractivity contribution in [2.45, 2.75) is 25.8 Å². The maximum Gasteiger partial charge on any atom is 0.135 e. The van der Waals surface area contributed by atoms with Gasteiger partial charge in [0.15, 0.2) is 0 Å². The number of nitrogens with zero attached hydrogens (tertiary/aromatic N) is 1. The van der Waals surface area contributed by atoms with Gasteiger partial charge in [0, 0.05) is 32.0 Å². The summed E-state index contributed by atoms with van der Waals surface area (Å²) in [4.78, 5) is 13.5. The van der Waals surface area contributed by atoms with E-state index in [0.717, 1.165) is 25.9 Å². The van der Waals surface area contributed by atoms with Crippen LogP contribution in [0.3, 0.4) is 0 Å². The van der Waals surface area contributed by atoms with Crippen molar-refractivity contribution in [3.63, 3.8) is 0 Å². The molecule has 80 valence electrons. The minimum absolute atomic E-state index is 0.409. The molecular weight excluding hydrogens is 186 g/mol. The van der Waals surface area contributed by atoms with Crippen molar-refractivity contribution in [2.75, 3.05) is 13.1 Å². The lowest BCUT2D eigenvalue weighted by molar-refractivity contribution is -0.121. The number of carbonyl (C=O) groups is 1. The number of benzene rings is 1. The van der Waals surface area contributed by atoms with Gasteiger partial charge in [-0.1, -0.05) is 30.3 Å². The minimum atomic E-state index is 0.409. The molecule has 1 heterocycles. The van der Waals surface area contributed by atoms with E-state index in [1.807, 2.05) is 6.07 Å². The minimum Gasteiger partial charge on any atom is -0.300 e. The van der Waals surface area contributed by atoms with Gasteiger partial charge in [-0.3, -0.25) is 9.69 Å². The molecule has 0 bridgehead atoms. The molecule has 0 radical (unpaired) electrons. The number of rotatable bonds is 2. The standard InChI is InChI=1S/C13H17NO/c1-11(12-5-3-2-4-6-12)14-9-7-13(15)8-10-14/h2-6,11H,7-10H2,1H3/t11-/m0/s1. The van der Waals surface area contributed by atoms with Gasteiger partial charge in [0.1, 0.15) is 5.78 Å². The monoisotopic (exact) mass is 203 g/mol. The fourth-order valence-electron chi connectivity index (χ4n) is 2.10. The summed E-state index contributed by atoms with van der Waals surface area (Å²) >= 11 is 0. The Balaban J connectivity index is 2.02. The SMILES string of the molecule is C[C@@H](c1ccccc1)N1CCC(=O)CC1. The Morgan fingerprint density at radius 2 is 1.73 bits per heavy atom. The molecule has 1 aliphatic rings. The molecule has 0 N–H and O–H groups in total. The van der Waals surface area contributed by atoms with E-state index in [4.69, 9.17) is 0 Å². The zero-order chi connectivity index (χ0) is 10.7. The molecule has 1 aromatic carbocycles. The molecule has 1 saturated heterocycles. The number of hydrogen-bond acceptors (Lipinski definition) is 2. The summed E-state index contributed by atoms with van der Waals surface area (Å²) in [6.07, 6.45) is 1.44. The zero-order valence-electron chi connectivity index (χ0n) is 9.15. The first kappa shape index (κ1) is 10.4. The lowest BCUT2D eigenvalue weighted by atomic mass is 10.0. The molecule has 0 aromatic heterocycles. The smallest absolute Gasteiger partial charge is 0.135 e. The highest BCUT2D eigenvalue weighted by molar-refractivity contribution is 5.79. The Morgan fingerprint density at radius 1 is 1.13 bits per heavy atom. The van der Waals surface area contributed by atoms with Gasteiger partial charge in [0.2, 0.25) is 0 Å². The predicted octanol–water partition coefficient (Wildman–Crippen LogP) is 2.41. The number of likely N-dealkylation sites (tertiary alicyclic amines) is 1. The molecule has 0 saturated carbocycles. The van der Waals surface area contributed by atoms with Crippen LogP contribution in [0.15, 0.2) is 30.3 Å². The van der Waals surface area contributed by atoms with Gasteiger partial charge in [0.05, 0.1) is 0 Å². The number of piperidine rings is 1. The lowest BCUT2D eigenvalue weighted by Crippen LogP contribution is -2.35. The summed E-state index contributed by atoms with van der Waals surface area (Å²) < 4.78 is 0. The summed E-state index contributed by atoms with van der Waals surface area (Å²) in [7, 11) is 0. The molecule has 15 heavy (non-hydrogen) atoms. The lowest BCUT2D eigenvalue weighted by Gasteiger charge is -2.32. The Labute approximate surface area is 90.9 Å². The summed E-state index contributed by atoms with van der Waals surface area (Å²) in [6, 6.07) is 10.9. The Bertz CT molecular complexity index is 324. The van der Waals surface area contributed by atoms with E-state index < -0.39 is 0 Å². The normalized spacial score (nSPS) is 20.2. The third-order valence-corrected chi connectivity index (χ3v) is 3.19. The average Bonchev–Trinajstić information content (AvgIpc) is 2.30. The second-order valence-corrected chi connectivity index (χ2v) is 4.16. The van der Waals surface area contributed by atoms with Crippen molar-refractivity contribution in [2.24, 2.45) is 0 Å². The molecule has 0 aliphatic carbocycles. The topological polar surface area (TPSA) is 20.3 Å². The van der Waals surface area contributed by atoms with E-state index in [0.29, 0.717) is 11.8 Å². The molecule has 0 unspecified atom stereocenters. The first-order chi connectivity index (χ1) is 7.27. The van der Waals surface area contributed by atoms with Crippen LogP contribution in [-0.4, -0.2) is 23.8 Å². The van der Waals surface area contributed by atoms with Crippen LogP contribution in [0.25, 0.3) is 0 Å². The third kappa shape index (κ3) is 2.45. The second kappa shape index (κ2) is 4.58. The van der Waals surface area contributed by atoms with Crippen LogP contribution in [0.4, 0.5) is 0 Å². The van der Waals surface area contributed by atoms with Crippen molar-refractivity contribution in [1.29, 1.82) is 0 Å². The molecule has 1 atom stereocenters. The van der Waals surface area contributed by atoms with Gasteiger partial charge in [-0.25, -0.2) is 0 Å². The van der Waals surface area contributed by atoms with Crippen LogP contribution in [0.1, 0.15) is 31.4 Å². The first-order valence-electron chi connectivity index (χ1n) is 5.58. The molecule has 2 nitrogen and oxygen atoms in total. The molecule has 1 aromatic rings. The number of carbonyl (C=O) groups excluding carboxylic acids is 1. The van der Waals surface area contributed by atoms with Crippen LogP contribution in [0.5, 0.6) is 0 Å². The van der Waals surface area contributed by atoms with Gasteiger partial charge in [-0.15, -0.1) is 0 Å². The Hall–Kier alpha value is -1.15. The van der Waals surface area contributed by atoms with Crippen molar-refractivity contribution in [3.8, 4) is 0 Å². The van der Waals surface area contributed by atoms with Crippen LogP contribution >= 0.6 is 0 Å². The molecule has 1 fully saturated rings. The highest BCUT2D eigenvalue weighted by Crippen LogP contribution is 2.22. The van der Waals surface area contributed by atoms with Crippen LogP contribution in [0, 0.1) is 0 Å². The van der Waals surface area contributed by atoms with Crippen LogP contribution in [-0.2, 0) is 4.79 Å². The molecule has 1 aliphatic heterocycles. The summed E-state index contributed by atoms with van der Waals surface area (Å²) in [5, 5.41) is 0. The van der Waals surface area contributed by atoms with E-state index >= 15 is 0 Å². The summed E-state index contributed by atoms with van der Waals surface area (Å²) in [5.41, 5.74) is 1.34. The van der Waals surface area contributed by atoms with Crippen LogP contribution in [0.2, 0.25) is 0 Å². The number of hydrogen-bond donors (Lipinski definition) is 0. The van der Waals surface area contributed by atoms with Gasteiger partial charge >= 0.3 is 0 Å². The van der Waals surface area contributed by atoms with Gasteiger partial charge in [0.25, 0.3) is 0 Å². The van der Waals surface area contributed by atoms with E-state index in [-0.39, 0.29) is 0 Å². The van der Waals surface area contributed by atoms with E-state index in [1.165, 1.54) is 5.56 Å². The number of Topliss-reactive ketones (excluding diaryl/α,β-unsaturated/α-hetero) is 1. The Kier molecular flexibility index (Phi) is 3.17. The van der Waals surface area contributed by atoms with E-state index in [9.17, 15) is 4.79 Å². The van der Waals surface area contributed by atoms with Crippen molar-refractivity contribution in [3.05, 3.63) is 35.9 Å². The highest BCUT2D eigenvalue weighted by atomic mass is 16.1. The fourth-order valence-corrected chi connectivity index (χ4v) is 2.10. The van der Waals surface area contributed by atoms with E-state index in [1.54, 1.807) is 0 Å². The fraction of sp³-hybridized carbons (Fsp3) is 0.462. The maximum absolute atomic E-state index is 11.1. The first-order valence-corrected chi connectivity index (χ1v) is 5.58. The van der Waals surface area contributed by atoms with Gasteiger partial charge in [-0.05, 0) is 12.5 Å². The van der Waals surface area contributed by atoms with Gasteiger partial charge < -0.3 is 0 Å². The van der Waals surface area contributed by atoms with Gasteiger partial charge in [-0.2, -0.15) is 0 Å². The summed E-state index contributed by atoms with van der Waals surface area (Å²) in [6.45, 7) is 4.04. The molecule has 2 heteroatoms. The van der Waals surface area contributed by atoms with Crippen molar-refractivity contribution < 1.29 is 4.79 Å². The Morgan fingerprint density at radius 3 is 2.33 bits per heavy atom. The van der Waals surface area contributed by atoms with Crippen LogP contribution < -0.4 is 0 Å². The highest BCUT2D eigenvalue weighted by Gasteiger charge is 2.21. The van der Waals surface area contributed by atoms with E-state index in [2.05, 4.69) is 36.1 Å². The molecule has 0 spiro atoms. The number of ketones is 1. The zero-order valence-corrected chi connectivity index (χ0v) is 9.15. The van der Waals surface area contributed by atoms with Crippen molar-refractivity contribution in [1.82, 2.24) is 4.90 Å². The molecule has 2 rings (SSSR count). The maximum atomic E-state index is 11.1.